The molecule has 0 nitrogen and oxygen atoms in total. The lowest BCUT2D eigenvalue weighted by molar-refractivity contribution is 0.672. The molecular weight excluding hydrogens is 259 g/mol. The van der Waals surface area contributed by atoms with E-state index < -0.39 is 14.6 Å². The molecule has 1 atom stereocenters. The number of allylic oxidation sites excluding steroid dienone is 1. The van der Waals surface area contributed by atoms with Gasteiger partial charge in [0, 0.05) is 0 Å². The van der Waals surface area contributed by atoms with Crippen LogP contribution in [0.4, 0.5) is 0 Å². The lowest BCUT2D eigenvalue weighted by Gasteiger charge is -2.13. The zero-order valence-electron chi connectivity index (χ0n) is 8.03. The molecule has 0 radical (unpaired) electrons. The summed E-state index contributed by atoms with van der Waals surface area (Å²) < 4.78 is 0. The average molecular weight is 276 g/mol. The smallest absolute Gasteiger partial charge is 0.130 e. The molecule has 0 aliphatic rings. The highest BCUT2D eigenvalue weighted by atomic mass is 35.8. The summed E-state index contributed by atoms with van der Waals surface area (Å²) in [5.74, 6) is 0. The SMILES string of the molecule is C=CCCCCC(C)[SiH2][Si](Cl)(Cl)Cl. The Morgan fingerprint density at radius 1 is 1.38 bits per heavy atom. The molecule has 1 unspecified atom stereocenters. The van der Waals surface area contributed by atoms with E-state index in [9.17, 15) is 0 Å². The highest BCUT2D eigenvalue weighted by Crippen LogP contribution is 2.25. The molecule has 0 aromatic rings. The van der Waals surface area contributed by atoms with Crippen LogP contribution in [0.25, 0.3) is 0 Å². The normalized spacial score (nSPS) is 15.1. The molecule has 0 rings (SSSR count). The molecule has 0 fully saturated rings. The molecule has 0 heterocycles. The molecule has 0 amide bonds. The standard InChI is InChI=1S/C8H17Cl3Si2/c1-3-4-5-6-7-8(2)12-13(9,10)11/h3,8H,1,4-7,12H2,2H3. The summed E-state index contributed by atoms with van der Waals surface area (Å²) in [7, 11) is -0.451. The Bertz CT molecular complexity index is 145. The lowest BCUT2D eigenvalue weighted by Crippen LogP contribution is -2.24. The average Bonchev–Trinajstić information content (AvgIpc) is 1.94. The molecule has 0 saturated heterocycles. The molecule has 0 saturated carbocycles. The molecule has 0 aromatic heterocycles. The van der Waals surface area contributed by atoms with E-state index in [-0.39, 0.29) is 0 Å². The zero-order chi connectivity index (χ0) is 10.3. The Morgan fingerprint density at radius 3 is 2.46 bits per heavy atom. The zero-order valence-corrected chi connectivity index (χ0v) is 12.7. The molecule has 78 valence electrons. The highest BCUT2D eigenvalue weighted by Gasteiger charge is 2.27. The molecule has 0 aliphatic carbocycles. The van der Waals surface area contributed by atoms with Gasteiger partial charge in [-0.25, -0.2) is 0 Å². The van der Waals surface area contributed by atoms with Crippen molar-refractivity contribution in [2.24, 2.45) is 0 Å². The van der Waals surface area contributed by atoms with Gasteiger partial charge in [-0.1, -0.05) is 31.4 Å². The van der Waals surface area contributed by atoms with Crippen molar-refractivity contribution in [2.45, 2.75) is 38.1 Å². The second-order valence-electron chi connectivity index (χ2n) is 3.50. The summed E-state index contributed by atoms with van der Waals surface area (Å²) in [6, 6.07) is 0. The summed E-state index contributed by atoms with van der Waals surface area (Å²) in [6.45, 7) is 5.91. The van der Waals surface area contributed by atoms with Crippen LogP contribution in [0, 0.1) is 0 Å². The minimum Gasteiger partial charge on any atom is -0.130 e. The summed E-state index contributed by atoms with van der Waals surface area (Å²) in [5, 5.41) is 0. The first-order chi connectivity index (χ1) is 5.95. The highest BCUT2D eigenvalue weighted by molar-refractivity contribution is 7.82. The van der Waals surface area contributed by atoms with Crippen LogP contribution in [-0.2, 0) is 0 Å². The molecule has 0 aromatic carbocycles. The third kappa shape index (κ3) is 11.0. The molecule has 5 heteroatoms. The Labute approximate surface area is 98.4 Å². The summed E-state index contributed by atoms with van der Waals surface area (Å²) in [5.41, 5.74) is -1.57. The van der Waals surface area contributed by atoms with Gasteiger partial charge in [-0.2, -0.15) is 0 Å². The van der Waals surface area contributed by atoms with E-state index in [2.05, 4.69) is 13.5 Å². The van der Waals surface area contributed by atoms with Gasteiger partial charge in [-0.15, -0.1) is 39.8 Å². The third-order valence-corrected chi connectivity index (χ3v) is 11.1. The first kappa shape index (κ1) is 14.0. The Morgan fingerprint density at radius 2 is 2.00 bits per heavy atom. The van der Waals surface area contributed by atoms with Gasteiger partial charge >= 0.3 is 5.52 Å². The third-order valence-electron chi connectivity index (χ3n) is 1.94. The van der Waals surface area contributed by atoms with Gasteiger partial charge in [0.05, 0.1) is 9.04 Å². The van der Waals surface area contributed by atoms with Crippen LogP contribution in [0.2, 0.25) is 5.54 Å². The van der Waals surface area contributed by atoms with Crippen LogP contribution in [0.15, 0.2) is 12.7 Å². The van der Waals surface area contributed by atoms with E-state index in [1.165, 1.54) is 19.3 Å². The molecule has 13 heavy (non-hydrogen) atoms. The second-order valence-corrected chi connectivity index (χ2v) is 22.5. The summed E-state index contributed by atoms with van der Waals surface area (Å²) in [6.07, 6.45) is 6.77. The van der Waals surface area contributed by atoms with Gasteiger partial charge in [-0.05, 0) is 12.8 Å². The molecule has 0 spiro atoms. The maximum atomic E-state index is 5.88. The van der Waals surface area contributed by atoms with Crippen LogP contribution in [-0.4, -0.2) is 14.6 Å². The second kappa shape index (κ2) is 7.35. The Balaban J connectivity index is 3.40. The van der Waals surface area contributed by atoms with Crippen LogP contribution < -0.4 is 0 Å². The van der Waals surface area contributed by atoms with Crippen molar-refractivity contribution in [3.8, 4) is 0 Å². The van der Waals surface area contributed by atoms with E-state index in [4.69, 9.17) is 33.2 Å². The summed E-state index contributed by atoms with van der Waals surface area (Å²) >= 11 is 17.7. The minimum absolute atomic E-state index is 0.451. The van der Waals surface area contributed by atoms with Gasteiger partial charge in [-0.3, -0.25) is 0 Å². The van der Waals surface area contributed by atoms with Crippen LogP contribution in [0.1, 0.15) is 32.6 Å². The fraction of sp³-hybridized carbons (Fsp3) is 0.750. The quantitative estimate of drug-likeness (QED) is 0.286. The van der Waals surface area contributed by atoms with Gasteiger partial charge in [0.25, 0.3) is 0 Å². The monoisotopic (exact) mass is 274 g/mol. The van der Waals surface area contributed by atoms with Crippen molar-refractivity contribution in [1.29, 1.82) is 0 Å². The fourth-order valence-corrected chi connectivity index (χ4v) is 12.7. The molecular formula is C8H17Cl3Si2. The number of unbranched alkanes of at least 4 members (excludes halogenated alkanes) is 2. The van der Waals surface area contributed by atoms with Crippen molar-refractivity contribution in [3.63, 3.8) is 0 Å². The van der Waals surface area contributed by atoms with E-state index in [0.29, 0.717) is 5.54 Å². The number of rotatable bonds is 7. The van der Waals surface area contributed by atoms with Gasteiger partial charge < -0.3 is 0 Å². The molecule has 0 aliphatic heterocycles. The number of hydrogen-bond acceptors (Lipinski definition) is 0. The number of hydrogen-bond donors (Lipinski definition) is 0. The maximum Gasteiger partial charge on any atom is 0.317 e. The minimum atomic E-state index is -2.25. The van der Waals surface area contributed by atoms with Crippen molar-refractivity contribution in [1.82, 2.24) is 0 Å². The first-order valence-corrected chi connectivity index (χ1v) is 12.8. The topological polar surface area (TPSA) is 0 Å². The van der Waals surface area contributed by atoms with Crippen molar-refractivity contribution in [3.05, 3.63) is 12.7 Å². The van der Waals surface area contributed by atoms with Crippen molar-refractivity contribution in [2.75, 3.05) is 0 Å². The fourth-order valence-electron chi connectivity index (χ4n) is 1.28. The van der Waals surface area contributed by atoms with Crippen molar-refractivity contribution >= 4 is 47.8 Å². The summed E-state index contributed by atoms with van der Waals surface area (Å²) in [4.78, 5) is 0. The largest absolute Gasteiger partial charge is 0.317 e. The Kier molecular flexibility index (Phi) is 7.94. The van der Waals surface area contributed by atoms with Crippen molar-refractivity contribution < 1.29 is 0 Å². The first-order valence-electron chi connectivity index (χ1n) is 4.63. The predicted octanol–water partition coefficient (Wildman–Crippen LogP) is 3.86. The maximum absolute atomic E-state index is 5.88. The van der Waals surface area contributed by atoms with Crippen LogP contribution >= 0.6 is 33.2 Å². The predicted molar refractivity (Wildman–Crippen MR) is 69.9 cm³/mol. The number of halogens is 3. The molecule has 0 bridgehead atoms. The van der Waals surface area contributed by atoms with Gasteiger partial charge in [0.2, 0.25) is 0 Å². The van der Waals surface area contributed by atoms with E-state index in [0.717, 1.165) is 6.42 Å². The van der Waals surface area contributed by atoms with Gasteiger partial charge in [0.15, 0.2) is 0 Å². The lowest BCUT2D eigenvalue weighted by atomic mass is 10.1. The van der Waals surface area contributed by atoms with E-state index in [1.807, 2.05) is 6.08 Å². The Hall–Kier alpha value is 1.04. The van der Waals surface area contributed by atoms with E-state index in [1.54, 1.807) is 0 Å². The van der Waals surface area contributed by atoms with Gasteiger partial charge in [0.1, 0.15) is 0 Å². The van der Waals surface area contributed by atoms with Crippen LogP contribution in [0.5, 0.6) is 0 Å². The van der Waals surface area contributed by atoms with E-state index >= 15 is 0 Å². The molecule has 0 N–H and O–H groups in total. The van der Waals surface area contributed by atoms with Crippen LogP contribution in [0.3, 0.4) is 0 Å².